The fraction of sp³-hybridized carbons (Fsp3) is 0.667. The second-order valence-corrected chi connectivity index (χ2v) is 6.42. The van der Waals surface area contributed by atoms with Crippen molar-refractivity contribution in [3.63, 3.8) is 0 Å². The summed E-state index contributed by atoms with van der Waals surface area (Å²) in [6, 6.07) is 0. The van der Waals surface area contributed by atoms with Crippen LogP contribution in [-0.4, -0.2) is 40.2 Å². The normalized spacial score (nSPS) is 24.1. The van der Waals surface area contributed by atoms with Gasteiger partial charge in [0.2, 0.25) is 6.29 Å². The van der Waals surface area contributed by atoms with Gasteiger partial charge in [0.25, 0.3) is 0 Å². The van der Waals surface area contributed by atoms with Crippen molar-refractivity contribution >= 4 is 20.2 Å². The van der Waals surface area contributed by atoms with Gasteiger partial charge in [-0.25, -0.2) is 8.37 Å². The van der Waals surface area contributed by atoms with Gasteiger partial charge in [-0.1, -0.05) is 0 Å². The lowest BCUT2D eigenvalue weighted by atomic mass is 10.4. The third-order valence-corrected chi connectivity index (χ3v) is 3.83. The molecule has 21 heavy (non-hydrogen) atoms. The zero-order valence-corrected chi connectivity index (χ0v) is 10.9. The predicted molar refractivity (Wildman–Crippen MR) is 49.9 cm³/mol. The SMILES string of the molecule is O=S(=O)(OC1C=COC1OS(=O)(=O)C(F)(F)F)C(F)(F)F. The molecule has 0 N–H and O–H groups in total. The predicted octanol–water partition coefficient (Wildman–Crippen LogP) is 0.957. The molecular formula is C6H4F6O7S2. The summed E-state index contributed by atoms with van der Waals surface area (Å²) >= 11 is 0. The van der Waals surface area contributed by atoms with Gasteiger partial charge in [-0.3, -0.25) is 0 Å². The van der Waals surface area contributed by atoms with Gasteiger partial charge in [0.15, 0.2) is 6.10 Å². The number of hydrogen-bond donors (Lipinski definition) is 0. The standard InChI is InChI=1S/C6H4F6O7S2/c7-5(8,9)20(13,14)18-3-1-2-17-4(3)19-21(15,16)6(10,11)12/h1-4H. The minimum Gasteiger partial charge on any atom is -0.468 e. The minimum absolute atomic E-state index is 0.424. The summed E-state index contributed by atoms with van der Waals surface area (Å²) in [4.78, 5) is 0. The minimum atomic E-state index is -6.23. The van der Waals surface area contributed by atoms with Gasteiger partial charge in [-0.2, -0.15) is 43.2 Å². The van der Waals surface area contributed by atoms with Gasteiger partial charge < -0.3 is 4.74 Å². The lowest BCUT2D eigenvalue weighted by molar-refractivity contribution is -0.101. The molecule has 1 aliphatic rings. The topological polar surface area (TPSA) is 96.0 Å². The lowest BCUT2D eigenvalue weighted by Gasteiger charge is -2.19. The third-order valence-electron chi connectivity index (χ3n) is 1.78. The fourth-order valence-corrected chi connectivity index (χ4v) is 1.97. The zero-order chi connectivity index (χ0) is 16.7. The van der Waals surface area contributed by atoms with E-state index in [1.54, 1.807) is 0 Å². The van der Waals surface area contributed by atoms with E-state index in [0.717, 1.165) is 0 Å². The van der Waals surface area contributed by atoms with E-state index < -0.39 is 43.6 Å². The highest BCUT2D eigenvalue weighted by Crippen LogP contribution is 2.31. The van der Waals surface area contributed by atoms with Crippen molar-refractivity contribution in [1.29, 1.82) is 0 Å². The van der Waals surface area contributed by atoms with E-state index in [2.05, 4.69) is 13.1 Å². The fourth-order valence-electron chi connectivity index (χ4n) is 0.904. The summed E-state index contributed by atoms with van der Waals surface area (Å²) in [6.45, 7) is 0. The Kier molecular flexibility index (Phi) is 4.53. The molecule has 0 aliphatic carbocycles. The molecule has 0 aromatic rings. The molecular weight excluding hydrogens is 362 g/mol. The highest BCUT2D eigenvalue weighted by molar-refractivity contribution is 7.88. The maximum absolute atomic E-state index is 12.0. The van der Waals surface area contributed by atoms with E-state index in [4.69, 9.17) is 0 Å². The zero-order valence-electron chi connectivity index (χ0n) is 9.25. The summed E-state index contributed by atoms with van der Waals surface area (Å²) in [6.07, 6.45) is -4.09. The van der Waals surface area contributed by atoms with Gasteiger partial charge in [0.05, 0.1) is 6.26 Å². The summed E-state index contributed by atoms with van der Waals surface area (Å²) < 4.78 is 126. The quantitative estimate of drug-likeness (QED) is 0.415. The number of rotatable bonds is 4. The van der Waals surface area contributed by atoms with Crippen molar-refractivity contribution < 1.29 is 56.3 Å². The van der Waals surface area contributed by atoms with Crippen LogP contribution in [0.25, 0.3) is 0 Å². The molecule has 7 nitrogen and oxygen atoms in total. The molecule has 0 saturated heterocycles. The van der Waals surface area contributed by atoms with Crippen LogP contribution in [0, 0.1) is 0 Å². The molecule has 2 unspecified atom stereocenters. The van der Waals surface area contributed by atoms with Crippen LogP contribution in [0.1, 0.15) is 0 Å². The van der Waals surface area contributed by atoms with E-state index in [-0.39, 0.29) is 0 Å². The van der Waals surface area contributed by atoms with Gasteiger partial charge in [0.1, 0.15) is 0 Å². The summed E-state index contributed by atoms with van der Waals surface area (Å²) in [5, 5.41) is 0. The Balaban J connectivity index is 2.90. The Bertz CT molecular complexity index is 615. The molecule has 0 spiro atoms. The van der Waals surface area contributed by atoms with Crippen molar-refractivity contribution in [3.05, 3.63) is 12.3 Å². The second-order valence-electron chi connectivity index (χ2n) is 3.29. The van der Waals surface area contributed by atoms with E-state index in [1.807, 2.05) is 0 Å². The van der Waals surface area contributed by atoms with Crippen LogP contribution >= 0.6 is 0 Å². The van der Waals surface area contributed by atoms with Crippen molar-refractivity contribution in [3.8, 4) is 0 Å². The smallest absolute Gasteiger partial charge is 0.468 e. The third kappa shape index (κ3) is 3.98. The summed E-state index contributed by atoms with van der Waals surface area (Å²) in [5.74, 6) is 0. The Morgan fingerprint density at radius 2 is 1.29 bits per heavy atom. The van der Waals surface area contributed by atoms with Crippen molar-refractivity contribution in [2.24, 2.45) is 0 Å². The number of hydrogen-bond acceptors (Lipinski definition) is 7. The summed E-state index contributed by atoms with van der Waals surface area (Å²) in [7, 11) is -12.4. The Labute approximate surface area is 113 Å². The molecule has 0 aromatic carbocycles. The van der Waals surface area contributed by atoms with Crippen LogP contribution < -0.4 is 0 Å². The number of ether oxygens (including phenoxy) is 1. The van der Waals surface area contributed by atoms with Crippen LogP contribution in [0.4, 0.5) is 26.3 Å². The Morgan fingerprint density at radius 3 is 1.71 bits per heavy atom. The Hall–Kier alpha value is -1.06. The number of halogens is 6. The van der Waals surface area contributed by atoms with Crippen molar-refractivity contribution in [1.82, 2.24) is 0 Å². The van der Waals surface area contributed by atoms with Crippen LogP contribution in [0.2, 0.25) is 0 Å². The molecule has 0 saturated carbocycles. The summed E-state index contributed by atoms with van der Waals surface area (Å²) in [5.41, 5.74) is -11.7. The average Bonchev–Trinajstić information content (AvgIpc) is 2.60. The average molecular weight is 366 g/mol. The molecule has 15 heteroatoms. The monoisotopic (exact) mass is 366 g/mol. The molecule has 1 heterocycles. The van der Waals surface area contributed by atoms with Crippen molar-refractivity contribution in [2.45, 2.75) is 23.4 Å². The molecule has 124 valence electrons. The molecule has 1 rings (SSSR count). The number of alkyl halides is 6. The van der Waals surface area contributed by atoms with E-state index in [0.29, 0.717) is 12.3 Å². The van der Waals surface area contributed by atoms with Crippen LogP contribution in [0.15, 0.2) is 12.3 Å². The lowest BCUT2D eigenvalue weighted by Crippen LogP contribution is -2.38. The van der Waals surface area contributed by atoms with Crippen LogP contribution in [0.5, 0.6) is 0 Å². The van der Waals surface area contributed by atoms with Gasteiger partial charge in [0, 0.05) is 0 Å². The maximum atomic E-state index is 12.0. The molecule has 0 aromatic heterocycles. The first-order valence-electron chi connectivity index (χ1n) is 4.48. The van der Waals surface area contributed by atoms with Crippen LogP contribution in [-0.2, 0) is 33.3 Å². The van der Waals surface area contributed by atoms with Gasteiger partial charge in [-0.15, -0.1) is 0 Å². The maximum Gasteiger partial charge on any atom is 0.523 e. The van der Waals surface area contributed by atoms with Crippen LogP contribution in [0.3, 0.4) is 0 Å². The first kappa shape index (κ1) is 18.0. The first-order chi connectivity index (χ1) is 9.17. The van der Waals surface area contributed by atoms with Crippen molar-refractivity contribution in [2.75, 3.05) is 0 Å². The molecule has 0 bridgehead atoms. The molecule has 0 amide bonds. The van der Waals surface area contributed by atoms with E-state index in [9.17, 15) is 43.2 Å². The molecule has 0 fully saturated rings. The van der Waals surface area contributed by atoms with Gasteiger partial charge >= 0.3 is 31.3 Å². The molecule has 0 radical (unpaired) electrons. The van der Waals surface area contributed by atoms with Gasteiger partial charge in [-0.05, 0) is 6.08 Å². The highest BCUT2D eigenvalue weighted by Gasteiger charge is 2.53. The Morgan fingerprint density at radius 1 is 0.857 bits per heavy atom. The van der Waals surface area contributed by atoms with E-state index >= 15 is 0 Å². The molecule has 2 atom stereocenters. The highest BCUT2D eigenvalue weighted by atomic mass is 32.2. The molecule has 1 aliphatic heterocycles. The largest absolute Gasteiger partial charge is 0.523 e. The first-order valence-corrected chi connectivity index (χ1v) is 7.30. The van der Waals surface area contributed by atoms with E-state index in [1.165, 1.54) is 0 Å². The second kappa shape index (κ2) is 5.29.